The summed E-state index contributed by atoms with van der Waals surface area (Å²) in [6.07, 6.45) is -1.04. The van der Waals surface area contributed by atoms with Crippen LogP contribution in [0.25, 0.3) is 0 Å². The molecular formula is C19H17FN2O4. The Morgan fingerprint density at radius 3 is 2.19 bits per heavy atom. The van der Waals surface area contributed by atoms with Gasteiger partial charge in [-0.05, 0) is 29.8 Å². The van der Waals surface area contributed by atoms with Crippen molar-refractivity contribution in [3.63, 3.8) is 0 Å². The summed E-state index contributed by atoms with van der Waals surface area (Å²) >= 11 is 0. The van der Waals surface area contributed by atoms with Crippen LogP contribution in [0.15, 0.2) is 48.5 Å². The summed E-state index contributed by atoms with van der Waals surface area (Å²) in [4.78, 5) is 37.4. The summed E-state index contributed by atoms with van der Waals surface area (Å²) in [5.41, 5.74) is 1.15. The quantitative estimate of drug-likeness (QED) is 0.771. The average Bonchev–Trinajstić information content (AvgIpc) is 2.89. The number of rotatable bonds is 6. The fourth-order valence-corrected chi connectivity index (χ4v) is 2.76. The Morgan fingerprint density at radius 2 is 1.62 bits per heavy atom. The standard InChI is InChI=1S/C19H17FN2O4/c20-13-7-5-12(6-8-13)16(23)11-21-17(24)9-10-22-18(25)14-3-1-2-4-15(14)19(22)26/h1-8,16,23H,9-11H2,(H,21,24). The summed E-state index contributed by atoms with van der Waals surface area (Å²) < 4.78 is 12.9. The fraction of sp³-hybridized carbons (Fsp3) is 0.211. The maximum absolute atomic E-state index is 12.9. The van der Waals surface area contributed by atoms with Gasteiger partial charge in [0.1, 0.15) is 5.82 Å². The number of carbonyl (C=O) groups is 3. The van der Waals surface area contributed by atoms with Crippen molar-refractivity contribution in [2.45, 2.75) is 12.5 Å². The molecule has 3 amide bonds. The minimum atomic E-state index is -0.973. The molecule has 7 heteroatoms. The van der Waals surface area contributed by atoms with Crippen molar-refractivity contribution in [2.75, 3.05) is 13.1 Å². The third-order valence-corrected chi connectivity index (χ3v) is 4.19. The maximum Gasteiger partial charge on any atom is 0.261 e. The third kappa shape index (κ3) is 3.62. The minimum Gasteiger partial charge on any atom is -0.387 e. The van der Waals surface area contributed by atoms with E-state index in [2.05, 4.69) is 5.32 Å². The Labute approximate surface area is 149 Å². The number of amides is 3. The van der Waals surface area contributed by atoms with Crippen LogP contribution in [0.3, 0.4) is 0 Å². The van der Waals surface area contributed by atoms with Crippen LogP contribution in [0.2, 0.25) is 0 Å². The maximum atomic E-state index is 12.9. The largest absolute Gasteiger partial charge is 0.387 e. The van der Waals surface area contributed by atoms with Crippen molar-refractivity contribution < 1.29 is 23.9 Å². The number of nitrogens with one attached hydrogen (secondary N) is 1. The molecule has 0 spiro atoms. The first-order chi connectivity index (χ1) is 12.5. The van der Waals surface area contributed by atoms with Crippen molar-refractivity contribution in [3.8, 4) is 0 Å². The number of benzene rings is 2. The first-order valence-corrected chi connectivity index (χ1v) is 8.13. The van der Waals surface area contributed by atoms with Crippen LogP contribution in [-0.2, 0) is 4.79 Å². The van der Waals surface area contributed by atoms with E-state index in [0.717, 1.165) is 4.90 Å². The molecule has 1 aliphatic rings. The lowest BCUT2D eigenvalue weighted by molar-refractivity contribution is -0.121. The summed E-state index contributed by atoms with van der Waals surface area (Å²) in [6, 6.07) is 11.8. The number of hydrogen-bond acceptors (Lipinski definition) is 4. The van der Waals surface area contributed by atoms with E-state index in [4.69, 9.17) is 0 Å². The van der Waals surface area contributed by atoms with Crippen molar-refractivity contribution in [3.05, 3.63) is 71.0 Å². The van der Waals surface area contributed by atoms with Gasteiger partial charge in [-0.1, -0.05) is 24.3 Å². The highest BCUT2D eigenvalue weighted by Crippen LogP contribution is 2.22. The molecule has 1 heterocycles. The Morgan fingerprint density at radius 1 is 1.04 bits per heavy atom. The molecular weight excluding hydrogens is 339 g/mol. The highest BCUT2D eigenvalue weighted by molar-refractivity contribution is 6.21. The van der Waals surface area contributed by atoms with Gasteiger partial charge in [0.15, 0.2) is 0 Å². The minimum absolute atomic E-state index is 0.0369. The van der Waals surface area contributed by atoms with E-state index in [9.17, 15) is 23.9 Å². The normalized spacial score (nSPS) is 14.3. The number of halogens is 1. The molecule has 134 valence electrons. The van der Waals surface area contributed by atoms with E-state index in [-0.39, 0.29) is 19.5 Å². The van der Waals surface area contributed by atoms with E-state index >= 15 is 0 Å². The van der Waals surface area contributed by atoms with Crippen molar-refractivity contribution in [1.82, 2.24) is 10.2 Å². The molecule has 0 aromatic heterocycles. The molecule has 0 saturated heterocycles. The molecule has 6 nitrogen and oxygen atoms in total. The zero-order valence-corrected chi connectivity index (χ0v) is 13.8. The van der Waals surface area contributed by atoms with Gasteiger partial charge >= 0.3 is 0 Å². The van der Waals surface area contributed by atoms with Crippen LogP contribution >= 0.6 is 0 Å². The number of nitrogens with zero attached hydrogens (tertiary/aromatic N) is 1. The third-order valence-electron chi connectivity index (χ3n) is 4.19. The van der Waals surface area contributed by atoms with E-state index in [0.29, 0.717) is 16.7 Å². The van der Waals surface area contributed by atoms with Crippen LogP contribution in [0.1, 0.15) is 38.8 Å². The van der Waals surface area contributed by atoms with Gasteiger partial charge < -0.3 is 10.4 Å². The van der Waals surface area contributed by atoms with E-state index in [1.165, 1.54) is 24.3 Å². The lowest BCUT2D eigenvalue weighted by Crippen LogP contribution is -2.35. The molecule has 26 heavy (non-hydrogen) atoms. The van der Waals surface area contributed by atoms with Crippen LogP contribution in [0.5, 0.6) is 0 Å². The molecule has 0 fully saturated rings. The molecule has 2 aromatic rings. The van der Waals surface area contributed by atoms with Crippen LogP contribution in [0.4, 0.5) is 4.39 Å². The average molecular weight is 356 g/mol. The second kappa shape index (κ2) is 7.45. The van der Waals surface area contributed by atoms with Gasteiger partial charge in [-0.25, -0.2) is 4.39 Å². The lowest BCUT2D eigenvalue weighted by atomic mass is 10.1. The SMILES string of the molecule is O=C(CCN1C(=O)c2ccccc2C1=O)NCC(O)c1ccc(F)cc1. The molecule has 1 aliphatic heterocycles. The monoisotopic (exact) mass is 356 g/mol. The molecule has 1 atom stereocenters. The van der Waals surface area contributed by atoms with E-state index < -0.39 is 29.6 Å². The van der Waals surface area contributed by atoms with Gasteiger partial charge in [-0.15, -0.1) is 0 Å². The number of hydrogen-bond donors (Lipinski definition) is 2. The van der Waals surface area contributed by atoms with Gasteiger partial charge in [-0.2, -0.15) is 0 Å². The summed E-state index contributed by atoms with van der Waals surface area (Å²) in [6.45, 7) is -0.0859. The summed E-state index contributed by atoms with van der Waals surface area (Å²) in [5, 5.41) is 12.5. The van der Waals surface area contributed by atoms with Gasteiger partial charge in [0.2, 0.25) is 5.91 Å². The molecule has 0 aliphatic carbocycles. The second-order valence-corrected chi connectivity index (χ2v) is 5.93. The molecule has 0 bridgehead atoms. The molecule has 3 rings (SSSR count). The number of aliphatic hydroxyl groups excluding tert-OH is 1. The predicted octanol–water partition coefficient (Wildman–Crippen LogP) is 1.66. The summed E-state index contributed by atoms with van der Waals surface area (Å²) in [5.74, 6) is -1.64. The highest BCUT2D eigenvalue weighted by Gasteiger charge is 2.34. The molecule has 2 aromatic carbocycles. The van der Waals surface area contributed by atoms with Gasteiger partial charge in [-0.3, -0.25) is 19.3 Å². The van der Waals surface area contributed by atoms with Crippen LogP contribution in [0, 0.1) is 5.82 Å². The van der Waals surface area contributed by atoms with E-state index in [1.54, 1.807) is 24.3 Å². The Kier molecular flexibility index (Phi) is 5.09. The first-order valence-electron chi connectivity index (χ1n) is 8.13. The fourth-order valence-electron chi connectivity index (χ4n) is 2.76. The van der Waals surface area contributed by atoms with Gasteiger partial charge in [0.25, 0.3) is 11.8 Å². The smallest absolute Gasteiger partial charge is 0.261 e. The van der Waals surface area contributed by atoms with E-state index in [1.807, 2.05) is 0 Å². The van der Waals surface area contributed by atoms with Crippen molar-refractivity contribution in [2.24, 2.45) is 0 Å². The number of carbonyl (C=O) groups excluding carboxylic acids is 3. The molecule has 0 saturated carbocycles. The van der Waals surface area contributed by atoms with Crippen LogP contribution < -0.4 is 5.32 Å². The van der Waals surface area contributed by atoms with Crippen molar-refractivity contribution in [1.29, 1.82) is 0 Å². The Hall–Kier alpha value is -3.06. The Balaban J connectivity index is 1.50. The predicted molar refractivity (Wildman–Crippen MR) is 90.8 cm³/mol. The second-order valence-electron chi connectivity index (χ2n) is 5.93. The first kappa shape index (κ1) is 17.8. The zero-order valence-electron chi connectivity index (χ0n) is 13.8. The topological polar surface area (TPSA) is 86.7 Å². The summed E-state index contributed by atoms with van der Waals surface area (Å²) in [7, 11) is 0. The van der Waals surface area contributed by atoms with Crippen molar-refractivity contribution >= 4 is 17.7 Å². The number of imide groups is 1. The van der Waals surface area contributed by atoms with Crippen LogP contribution in [-0.4, -0.2) is 40.8 Å². The van der Waals surface area contributed by atoms with Gasteiger partial charge in [0, 0.05) is 19.5 Å². The number of fused-ring (bicyclic) bond motifs is 1. The van der Waals surface area contributed by atoms with Gasteiger partial charge in [0.05, 0.1) is 17.2 Å². The lowest BCUT2D eigenvalue weighted by Gasteiger charge is -2.15. The number of aliphatic hydroxyl groups is 1. The highest BCUT2D eigenvalue weighted by atomic mass is 19.1. The molecule has 2 N–H and O–H groups in total. The molecule has 1 unspecified atom stereocenters. The molecule has 0 radical (unpaired) electrons. The zero-order chi connectivity index (χ0) is 18.7. The Bertz CT molecular complexity index is 816.